The minimum Gasteiger partial charge on any atom is -0.493 e. The Bertz CT molecular complexity index is 877. The molecule has 0 spiro atoms. The van der Waals surface area contributed by atoms with Gasteiger partial charge in [-0.3, -0.25) is 0 Å². The molecule has 0 aliphatic heterocycles. The second kappa shape index (κ2) is 7.36. The van der Waals surface area contributed by atoms with Gasteiger partial charge in [0.25, 0.3) is 0 Å². The van der Waals surface area contributed by atoms with Gasteiger partial charge in [-0.25, -0.2) is 0 Å². The molecule has 1 unspecified atom stereocenters. The highest BCUT2D eigenvalue weighted by Gasteiger charge is 2.54. The van der Waals surface area contributed by atoms with Gasteiger partial charge in [-0.15, -0.1) is 0 Å². The van der Waals surface area contributed by atoms with E-state index >= 15 is 0 Å². The summed E-state index contributed by atoms with van der Waals surface area (Å²) < 4.78 is 11.9. The molecule has 0 heterocycles. The van der Waals surface area contributed by atoms with Crippen LogP contribution in [-0.4, -0.2) is 18.3 Å². The summed E-state index contributed by atoms with van der Waals surface area (Å²) in [5.74, 6) is 3.65. The van der Waals surface area contributed by atoms with Crippen molar-refractivity contribution in [3.8, 4) is 11.5 Å². The van der Waals surface area contributed by atoms with Crippen LogP contribution in [0.5, 0.6) is 11.5 Å². The van der Waals surface area contributed by atoms with E-state index in [4.69, 9.17) is 9.47 Å². The van der Waals surface area contributed by atoms with E-state index in [1.54, 1.807) is 7.11 Å². The lowest BCUT2D eigenvalue weighted by atomic mass is 9.55. The first-order chi connectivity index (χ1) is 14.1. The Hall–Kier alpha value is -2.00. The van der Waals surface area contributed by atoms with Gasteiger partial charge in [-0.05, 0) is 90.5 Å². The second-order valence-electron chi connectivity index (χ2n) is 9.53. The van der Waals surface area contributed by atoms with Gasteiger partial charge in [0.15, 0.2) is 11.5 Å². The van der Waals surface area contributed by atoms with Crippen LogP contribution in [0.4, 0.5) is 0 Å². The van der Waals surface area contributed by atoms with Gasteiger partial charge < -0.3 is 14.6 Å². The van der Waals surface area contributed by atoms with Gasteiger partial charge in [-0.1, -0.05) is 37.3 Å². The third-order valence-corrected chi connectivity index (χ3v) is 8.20. The SMILES string of the molecule is COc1cc2c(cc1OCc1ccccc1)CC[C@@H]1[C@@H]2CC[C@]2(C)C(O)CC[C@@H]12. The summed E-state index contributed by atoms with van der Waals surface area (Å²) in [4.78, 5) is 0. The topological polar surface area (TPSA) is 38.7 Å². The first-order valence-corrected chi connectivity index (χ1v) is 11.2. The molecule has 0 saturated heterocycles. The molecule has 2 saturated carbocycles. The van der Waals surface area contributed by atoms with Crippen LogP contribution in [0.25, 0.3) is 0 Å². The molecular weight excluding hydrogens is 360 g/mol. The van der Waals surface area contributed by atoms with Crippen molar-refractivity contribution in [3.63, 3.8) is 0 Å². The molecule has 2 aromatic carbocycles. The maximum absolute atomic E-state index is 10.6. The number of rotatable bonds is 4. The lowest BCUT2D eigenvalue weighted by Crippen LogP contribution is -2.43. The van der Waals surface area contributed by atoms with Crippen molar-refractivity contribution in [2.45, 2.75) is 64.1 Å². The van der Waals surface area contributed by atoms with E-state index in [0.29, 0.717) is 24.4 Å². The fourth-order valence-corrected chi connectivity index (χ4v) is 6.56. The van der Waals surface area contributed by atoms with E-state index in [1.165, 1.54) is 36.0 Å². The number of hydrogen-bond acceptors (Lipinski definition) is 3. The van der Waals surface area contributed by atoms with Crippen LogP contribution in [0.1, 0.15) is 61.6 Å². The van der Waals surface area contributed by atoms with Crippen molar-refractivity contribution in [2.75, 3.05) is 7.11 Å². The summed E-state index contributed by atoms with van der Waals surface area (Å²) in [7, 11) is 1.74. The molecule has 154 valence electrons. The molecule has 3 aliphatic rings. The molecule has 2 fully saturated rings. The van der Waals surface area contributed by atoms with Gasteiger partial charge in [0.1, 0.15) is 6.61 Å². The molecule has 0 bridgehead atoms. The van der Waals surface area contributed by atoms with Crippen molar-refractivity contribution in [1.29, 1.82) is 0 Å². The quantitative estimate of drug-likeness (QED) is 0.748. The van der Waals surface area contributed by atoms with E-state index in [-0.39, 0.29) is 11.5 Å². The highest BCUT2D eigenvalue weighted by Crippen LogP contribution is 2.61. The summed E-state index contributed by atoms with van der Waals surface area (Å²) >= 11 is 0. The molecule has 2 aromatic rings. The van der Waals surface area contributed by atoms with Gasteiger partial charge in [0.2, 0.25) is 0 Å². The van der Waals surface area contributed by atoms with Crippen molar-refractivity contribution >= 4 is 0 Å². The first kappa shape index (κ1) is 19.0. The maximum atomic E-state index is 10.6. The van der Waals surface area contributed by atoms with Crippen molar-refractivity contribution in [1.82, 2.24) is 0 Å². The number of aliphatic hydroxyl groups excluding tert-OH is 1. The summed E-state index contributed by atoms with van der Waals surface area (Å²) in [5.41, 5.74) is 4.19. The average molecular weight is 393 g/mol. The molecule has 3 aliphatic carbocycles. The number of hydrogen-bond donors (Lipinski definition) is 1. The summed E-state index contributed by atoms with van der Waals surface area (Å²) in [6.07, 6.45) is 6.69. The Balaban J connectivity index is 1.41. The van der Waals surface area contributed by atoms with E-state index in [1.807, 2.05) is 18.2 Å². The van der Waals surface area contributed by atoms with E-state index in [0.717, 1.165) is 30.8 Å². The summed E-state index contributed by atoms with van der Waals surface area (Å²) in [5, 5.41) is 10.6. The third-order valence-electron chi connectivity index (χ3n) is 8.20. The first-order valence-electron chi connectivity index (χ1n) is 11.2. The van der Waals surface area contributed by atoms with Crippen LogP contribution < -0.4 is 9.47 Å². The molecular formula is C26H32O3. The predicted octanol–water partition coefficient (Wildman–Crippen LogP) is 5.49. The zero-order valence-corrected chi connectivity index (χ0v) is 17.6. The van der Waals surface area contributed by atoms with Gasteiger partial charge >= 0.3 is 0 Å². The highest BCUT2D eigenvalue weighted by atomic mass is 16.5. The molecule has 29 heavy (non-hydrogen) atoms. The minimum absolute atomic E-state index is 0.113. The Morgan fingerprint density at radius 3 is 2.66 bits per heavy atom. The van der Waals surface area contributed by atoms with Crippen LogP contribution >= 0.6 is 0 Å². The fourth-order valence-electron chi connectivity index (χ4n) is 6.56. The van der Waals surface area contributed by atoms with Crippen LogP contribution in [0.3, 0.4) is 0 Å². The Labute approximate surface area is 174 Å². The summed E-state index contributed by atoms with van der Waals surface area (Å²) in [6.45, 7) is 2.89. The summed E-state index contributed by atoms with van der Waals surface area (Å²) in [6, 6.07) is 14.8. The second-order valence-corrected chi connectivity index (χ2v) is 9.53. The predicted molar refractivity (Wildman–Crippen MR) is 114 cm³/mol. The van der Waals surface area contributed by atoms with Crippen molar-refractivity contribution in [3.05, 3.63) is 59.2 Å². The maximum Gasteiger partial charge on any atom is 0.161 e. The van der Waals surface area contributed by atoms with Crippen LogP contribution in [-0.2, 0) is 13.0 Å². The van der Waals surface area contributed by atoms with Crippen molar-refractivity contribution in [2.24, 2.45) is 17.3 Å². The van der Waals surface area contributed by atoms with Crippen LogP contribution in [0.15, 0.2) is 42.5 Å². The number of aliphatic hydroxyl groups is 1. The lowest BCUT2D eigenvalue weighted by molar-refractivity contribution is -0.0226. The number of aryl methyl sites for hydroxylation is 1. The number of fused-ring (bicyclic) bond motifs is 5. The number of benzene rings is 2. The molecule has 3 nitrogen and oxygen atoms in total. The Morgan fingerprint density at radius 1 is 1.03 bits per heavy atom. The monoisotopic (exact) mass is 392 g/mol. The van der Waals surface area contributed by atoms with Gasteiger partial charge in [0, 0.05) is 0 Å². The lowest BCUT2D eigenvalue weighted by Gasteiger charge is -2.50. The Kier molecular flexibility index (Phi) is 4.82. The van der Waals surface area contributed by atoms with Crippen molar-refractivity contribution < 1.29 is 14.6 Å². The van der Waals surface area contributed by atoms with Gasteiger partial charge in [-0.2, -0.15) is 0 Å². The molecule has 5 rings (SSSR count). The number of ether oxygens (including phenoxy) is 2. The smallest absolute Gasteiger partial charge is 0.161 e. The fraction of sp³-hybridized carbons (Fsp3) is 0.538. The molecule has 0 radical (unpaired) electrons. The molecule has 1 N–H and O–H groups in total. The van der Waals surface area contributed by atoms with E-state index in [2.05, 4.69) is 31.2 Å². The van der Waals surface area contributed by atoms with Gasteiger partial charge in [0.05, 0.1) is 13.2 Å². The molecule has 5 atom stereocenters. The highest BCUT2D eigenvalue weighted by molar-refractivity contribution is 5.50. The standard InChI is InChI=1S/C26H32O3/c1-26-13-12-19-20(22(26)10-11-25(26)27)9-8-18-14-24(23(28-2)15-21(18)19)29-16-17-6-4-3-5-7-17/h3-7,14-15,19-20,22,25,27H,8-13,16H2,1-2H3/t19-,20+,22-,25?,26-/m0/s1. The molecule has 3 heteroatoms. The largest absolute Gasteiger partial charge is 0.493 e. The zero-order chi connectivity index (χ0) is 20.0. The number of methoxy groups -OCH3 is 1. The average Bonchev–Trinajstić information content (AvgIpc) is 3.06. The minimum atomic E-state index is -0.113. The van der Waals surface area contributed by atoms with Crippen LogP contribution in [0, 0.1) is 17.3 Å². The van der Waals surface area contributed by atoms with E-state index < -0.39 is 0 Å². The zero-order valence-electron chi connectivity index (χ0n) is 17.6. The molecule has 0 aromatic heterocycles. The molecule has 0 amide bonds. The normalized spacial score (nSPS) is 32.8. The van der Waals surface area contributed by atoms with E-state index in [9.17, 15) is 5.11 Å². The Morgan fingerprint density at radius 2 is 1.86 bits per heavy atom. The third kappa shape index (κ3) is 3.15. The van der Waals surface area contributed by atoms with Crippen LogP contribution in [0.2, 0.25) is 0 Å².